The minimum atomic E-state index is -1.72. The third-order valence-corrected chi connectivity index (χ3v) is 4.18. The van der Waals surface area contributed by atoms with E-state index in [1.165, 1.54) is 25.3 Å². The lowest BCUT2D eigenvalue weighted by Gasteiger charge is -2.19. The van der Waals surface area contributed by atoms with Crippen LogP contribution in [0.4, 0.5) is 23.2 Å². The summed E-state index contributed by atoms with van der Waals surface area (Å²) in [5, 5.41) is 2.06. The number of likely N-dealkylation sites (N-methyl/N-ethyl adjacent to an activating group) is 1. The van der Waals surface area contributed by atoms with Gasteiger partial charge >= 0.3 is 0 Å². The molecule has 0 saturated heterocycles. The average molecular weight is 424 g/mol. The van der Waals surface area contributed by atoms with E-state index in [2.05, 4.69) is 5.32 Å². The monoisotopic (exact) mass is 424 g/mol. The molecule has 0 aliphatic carbocycles. The quantitative estimate of drug-likeness (QED) is 0.455. The van der Waals surface area contributed by atoms with Gasteiger partial charge in [0.1, 0.15) is 11.6 Å². The zero-order valence-corrected chi connectivity index (χ0v) is 15.7. The van der Waals surface area contributed by atoms with Crippen LogP contribution in [0.15, 0.2) is 30.3 Å². The van der Waals surface area contributed by atoms with Crippen molar-refractivity contribution in [3.63, 3.8) is 0 Å². The molecule has 2 amide bonds. The van der Waals surface area contributed by atoms with Crippen molar-refractivity contribution in [1.29, 1.82) is 0 Å². The summed E-state index contributed by atoms with van der Waals surface area (Å²) in [4.78, 5) is 25.2. The maximum Gasteiger partial charge on any atom is 0.246 e. The van der Waals surface area contributed by atoms with Crippen molar-refractivity contribution in [2.24, 2.45) is 0 Å². The van der Waals surface area contributed by atoms with Gasteiger partial charge in [-0.1, -0.05) is 0 Å². The maximum atomic E-state index is 13.7. The highest BCUT2D eigenvalue weighted by atomic mass is 19.2. The number of rotatable bonds is 5. The summed E-state index contributed by atoms with van der Waals surface area (Å²) in [6, 6.07) is 3.98. The number of fused-ring (bicyclic) bond motifs is 1. The van der Waals surface area contributed by atoms with Gasteiger partial charge in [-0.15, -0.1) is 0 Å². The number of nitrogens with zero attached hydrogens (tertiary/aromatic N) is 1. The smallest absolute Gasteiger partial charge is 0.246 e. The van der Waals surface area contributed by atoms with Crippen molar-refractivity contribution in [2.75, 3.05) is 25.7 Å². The standard InChI is InChI=1S/C20H16F4N2O4/c1-26(8-16(27)25-15-4-3-14(22)18(23)19(15)24)17(28)5-2-11-6-13(21)7-12-9-29-10-30-20(11)12/h2-7H,8-10H2,1H3,(H,25,27). The van der Waals surface area contributed by atoms with Crippen molar-refractivity contribution in [2.45, 2.75) is 6.61 Å². The number of amides is 2. The molecule has 0 saturated carbocycles. The first-order chi connectivity index (χ1) is 14.3. The van der Waals surface area contributed by atoms with E-state index in [1.54, 1.807) is 0 Å². The van der Waals surface area contributed by atoms with Crippen LogP contribution >= 0.6 is 0 Å². The Morgan fingerprint density at radius 3 is 2.70 bits per heavy atom. The molecule has 0 aromatic heterocycles. The molecule has 0 fully saturated rings. The Kier molecular flexibility index (Phi) is 6.36. The maximum absolute atomic E-state index is 13.7. The molecular formula is C20H16F4N2O4. The molecular weight excluding hydrogens is 408 g/mol. The molecule has 2 aromatic carbocycles. The summed E-state index contributed by atoms with van der Waals surface area (Å²) < 4.78 is 63.9. The SMILES string of the molecule is CN(CC(=O)Nc1ccc(F)c(F)c1F)C(=O)C=Cc1cc(F)cc2c1OCOC2. The second-order valence-corrected chi connectivity index (χ2v) is 6.39. The first-order valence-corrected chi connectivity index (χ1v) is 8.65. The molecule has 1 aliphatic heterocycles. The Labute approximate surface area is 168 Å². The lowest BCUT2D eigenvalue weighted by molar-refractivity contribution is -0.129. The summed E-state index contributed by atoms with van der Waals surface area (Å²) in [6.45, 7) is -0.330. The van der Waals surface area contributed by atoms with Crippen molar-refractivity contribution < 1.29 is 36.6 Å². The first-order valence-electron chi connectivity index (χ1n) is 8.65. The van der Waals surface area contributed by atoms with Gasteiger partial charge in [0, 0.05) is 24.3 Å². The molecule has 0 atom stereocenters. The third kappa shape index (κ3) is 4.77. The number of carbonyl (C=O) groups is 2. The van der Waals surface area contributed by atoms with E-state index in [4.69, 9.17) is 9.47 Å². The fourth-order valence-electron chi connectivity index (χ4n) is 2.73. The zero-order valence-electron chi connectivity index (χ0n) is 15.7. The average Bonchev–Trinajstić information content (AvgIpc) is 2.72. The molecule has 10 heteroatoms. The normalized spacial score (nSPS) is 13.0. The zero-order chi connectivity index (χ0) is 21.8. The minimum absolute atomic E-state index is 0.00592. The van der Waals surface area contributed by atoms with Crippen molar-refractivity contribution in [3.8, 4) is 5.75 Å². The van der Waals surface area contributed by atoms with E-state index in [0.717, 1.165) is 17.0 Å². The van der Waals surface area contributed by atoms with Crippen molar-refractivity contribution >= 4 is 23.6 Å². The Hall–Kier alpha value is -3.40. The number of carbonyl (C=O) groups excluding carboxylic acids is 2. The predicted octanol–water partition coefficient (Wildman–Crippen LogP) is 3.22. The van der Waals surface area contributed by atoms with E-state index < -0.39 is 47.3 Å². The minimum Gasteiger partial charge on any atom is -0.467 e. The summed E-state index contributed by atoms with van der Waals surface area (Å²) in [7, 11) is 1.30. The molecule has 0 bridgehead atoms. The van der Waals surface area contributed by atoms with Gasteiger partial charge < -0.3 is 19.7 Å². The topological polar surface area (TPSA) is 67.9 Å². The largest absolute Gasteiger partial charge is 0.467 e. The van der Waals surface area contributed by atoms with Gasteiger partial charge in [-0.05, 0) is 30.3 Å². The molecule has 1 aliphatic rings. The summed E-state index contributed by atoms with van der Waals surface area (Å²) in [6.07, 6.45) is 2.44. The number of anilines is 1. The van der Waals surface area contributed by atoms with E-state index in [-0.39, 0.29) is 13.4 Å². The third-order valence-electron chi connectivity index (χ3n) is 4.18. The highest BCUT2D eigenvalue weighted by molar-refractivity contribution is 5.98. The molecule has 0 spiro atoms. The van der Waals surface area contributed by atoms with E-state index in [1.807, 2.05) is 0 Å². The Morgan fingerprint density at radius 2 is 1.93 bits per heavy atom. The number of hydrogen-bond acceptors (Lipinski definition) is 4. The molecule has 1 heterocycles. The van der Waals surface area contributed by atoms with Gasteiger partial charge in [-0.25, -0.2) is 17.6 Å². The Morgan fingerprint density at radius 1 is 1.17 bits per heavy atom. The van der Waals surface area contributed by atoms with Gasteiger partial charge in [0.15, 0.2) is 24.2 Å². The van der Waals surface area contributed by atoms with Crippen LogP contribution in [0, 0.1) is 23.3 Å². The fraction of sp³-hybridized carbons (Fsp3) is 0.200. The molecule has 2 aromatic rings. The van der Waals surface area contributed by atoms with Crippen LogP contribution < -0.4 is 10.1 Å². The summed E-state index contributed by atoms with van der Waals surface area (Å²) >= 11 is 0. The molecule has 0 unspecified atom stereocenters. The van der Waals surface area contributed by atoms with Crippen LogP contribution in [0.1, 0.15) is 11.1 Å². The van der Waals surface area contributed by atoms with Gasteiger partial charge in [-0.3, -0.25) is 9.59 Å². The lowest BCUT2D eigenvalue weighted by Crippen LogP contribution is -2.34. The lowest BCUT2D eigenvalue weighted by atomic mass is 10.1. The molecule has 158 valence electrons. The number of ether oxygens (including phenoxy) is 2. The van der Waals surface area contributed by atoms with Crippen LogP contribution in [0.25, 0.3) is 6.08 Å². The van der Waals surface area contributed by atoms with Crippen LogP contribution in [0.3, 0.4) is 0 Å². The molecule has 30 heavy (non-hydrogen) atoms. The van der Waals surface area contributed by atoms with Crippen molar-refractivity contribution in [3.05, 3.63) is 64.7 Å². The summed E-state index contributed by atoms with van der Waals surface area (Å²) in [5.74, 6) is -6.23. The summed E-state index contributed by atoms with van der Waals surface area (Å²) in [5.41, 5.74) is 0.263. The highest BCUT2D eigenvalue weighted by Crippen LogP contribution is 2.30. The molecule has 6 nitrogen and oxygen atoms in total. The van der Waals surface area contributed by atoms with Gasteiger partial charge in [0.25, 0.3) is 0 Å². The van der Waals surface area contributed by atoms with E-state index in [9.17, 15) is 27.2 Å². The van der Waals surface area contributed by atoms with Gasteiger partial charge in [-0.2, -0.15) is 0 Å². The van der Waals surface area contributed by atoms with Gasteiger partial charge in [0.05, 0.1) is 18.8 Å². The van der Waals surface area contributed by atoms with Crippen LogP contribution in [0.5, 0.6) is 5.75 Å². The molecule has 0 radical (unpaired) electrons. The predicted molar refractivity (Wildman–Crippen MR) is 98.3 cm³/mol. The number of nitrogens with one attached hydrogen (secondary N) is 1. The second kappa shape index (κ2) is 8.95. The van der Waals surface area contributed by atoms with E-state index >= 15 is 0 Å². The van der Waals surface area contributed by atoms with Crippen LogP contribution in [0.2, 0.25) is 0 Å². The molecule has 3 rings (SSSR count). The Balaban J connectivity index is 1.65. The number of benzene rings is 2. The van der Waals surface area contributed by atoms with E-state index in [0.29, 0.717) is 22.9 Å². The van der Waals surface area contributed by atoms with Gasteiger partial charge in [0.2, 0.25) is 11.8 Å². The van der Waals surface area contributed by atoms with Crippen LogP contribution in [-0.2, 0) is 20.9 Å². The Bertz CT molecular complexity index is 1030. The van der Waals surface area contributed by atoms with Crippen molar-refractivity contribution in [1.82, 2.24) is 4.90 Å². The fourth-order valence-corrected chi connectivity index (χ4v) is 2.73. The number of hydrogen-bond donors (Lipinski definition) is 1. The number of halogens is 4. The first kappa shape index (κ1) is 21.3. The molecule has 1 N–H and O–H groups in total. The second-order valence-electron chi connectivity index (χ2n) is 6.39. The highest BCUT2D eigenvalue weighted by Gasteiger charge is 2.18. The van der Waals surface area contributed by atoms with Crippen LogP contribution in [-0.4, -0.2) is 37.1 Å².